The van der Waals surface area contributed by atoms with Crippen molar-refractivity contribution in [3.05, 3.63) is 71.4 Å². The molecule has 0 saturated heterocycles. The molecule has 0 bridgehead atoms. The molecule has 0 aliphatic heterocycles. The van der Waals surface area contributed by atoms with E-state index in [0.717, 1.165) is 29.7 Å². The van der Waals surface area contributed by atoms with Crippen LogP contribution in [0.25, 0.3) is 17.1 Å². The Hall–Kier alpha value is -3.94. The second-order valence-corrected chi connectivity index (χ2v) is 8.01. The third-order valence-corrected chi connectivity index (χ3v) is 5.51. The van der Waals surface area contributed by atoms with Crippen molar-refractivity contribution in [1.82, 2.24) is 19.9 Å². The van der Waals surface area contributed by atoms with Crippen molar-refractivity contribution in [3.63, 3.8) is 0 Å². The Morgan fingerprint density at radius 1 is 1.16 bits per heavy atom. The van der Waals surface area contributed by atoms with Gasteiger partial charge in [0.1, 0.15) is 5.75 Å². The first-order valence-electron chi connectivity index (χ1n) is 10.5. The molecule has 162 valence electrons. The fourth-order valence-electron chi connectivity index (χ4n) is 3.54. The minimum atomic E-state index is -0.242. The summed E-state index contributed by atoms with van der Waals surface area (Å²) in [5.41, 5.74) is 4.47. The summed E-state index contributed by atoms with van der Waals surface area (Å²) in [4.78, 5) is 17.4. The second kappa shape index (κ2) is 7.96. The number of benzene rings is 2. The standard InChI is InChI=1S/C24H23N5O3/c1-14-4-11-21(31-3)20(12-14)25-23(30)19-13-29(27-15(19)2)18-9-7-16(8-10-18)22-26-24(32-28-22)17-5-6-17/h4,7-13,17H,5-6H2,1-3H3,(H,25,30). The molecule has 2 heterocycles. The van der Waals surface area contributed by atoms with Gasteiger partial charge >= 0.3 is 0 Å². The van der Waals surface area contributed by atoms with E-state index in [9.17, 15) is 4.79 Å². The quantitative estimate of drug-likeness (QED) is 0.478. The van der Waals surface area contributed by atoms with Crippen LogP contribution in [0.5, 0.6) is 5.75 Å². The van der Waals surface area contributed by atoms with Crippen molar-refractivity contribution >= 4 is 11.6 Å². The topological polar surface area (TPSA) is 95.1 Å². The van der Waals surface area contributed by atoms with E-state index in [-0.39, 0.29) is 5.91 Å². The summed E-state index contributed by atoms with van der Waals surface area (Å²) in [5, 5.41) is 11.5. The van der Waals surface area contributed by atoms with Gasteiger partial charge in [-0.25, -0.2) is 4.68 Å². The fourth-order valence-corrected chi connectivity index (χ4v) is 3.54. The molecule has 1 aliphatic rings. The van der Waals surface area contributed by atoms with Crippen molar-refractivity contribution in [2.75, 3.05) is 12.4 Å². The fraction of sp³-hybridized carbons (Fsp3) is 0.250. The van der Waals surface area contributed by atoms with Gasteiger partial charge < -0.3 is 14.6 Å². The highest BCUT2D eigenvalue weighted by Gasteiger charge is 2.29. The molecular weight excluding hydrogens is 406 g/mol. The average molecular weight is 429 g/mol. The summed E-state index contributed by atoms with van der Waals surface area (Å²) >= 11 is 0. The summed E-state index contributed by atoms with van der Waals surface area (Å²) in [6.07, 6.45) is 3.96. The summed E-state index contributed by atoms with van der Waals surface area (Å²) in [5.74, 6) is 2.09. The Labute approximate surface area is 185 Å². The van der Waals surface area contributed by atoms with Crippen LogP contribution in [-0.4, -0.2) is 32.9 Å². The van der Waals surface area contributed by atoms with Gasteiger partial charge in [0.25, 0.3) is 5.91 Å². The third-order valence-electron chi connectivity index (χ3n) is 5.51. The van der Waals surface area contributed by atoms with Crippen LogP contribution in [0.3, 0.4) is 0 Å². The molecule has 8 nitrogen and oxygen atoms in total. The Balaban J connectivity index is 1.35. The number of anilines is 1. The molecule has 0 atom stereocenters. The number of hydrogen-bond acceptors (Lipinski definition) is 6. The second-order valence-electron chi connectivity index (χ2n) is 8.01. The Bertz CT molecular complexity index is 1290. The van der Waals surface area contributed by atoms with E-state index in [1.54, 1.807) is 18.0 Å². The maximum atomic E-state index is 12.9. The molecule has 2 aromatic heterocycles. The molecule has 0 spiro atoms. The van der Waals surface area contributed by atoms with Gasteiger partial charge in [0, 0.05) is 17.7 Å². The zero-order valence-electron chi connectivity index (χ0n) is 18.1. The molecule has 1 fully saturated rings. The van der Waals surface area contributed by atoms with E-state index in [1.807, 2.05) is 56.3 Å². The van der Waals surface area contributed by atoms with E-state index in [4.69, 9.17) is 9.26 Å². The van der Waals surface area contributed by atoms with Crippen LogP contribution in [0, 0.1) is 13.8 Å². The summed E-state index contributed by atoms with van der Waals surface area (Å²) in [7, 11) is 1.58. The normalized spacial score (nSPS) is 13.2. The third kappa shape index (κ3) is 3.87. The Morgan fingerprint density at radius 2 is 1.94 bits per heavy atom. The molecule has 32 heavy (non-hydrogen) atoms. The number of carbonyl (C=O) groups excluding carboxylic acids is 1. The summed E-state index contributed by atoms with van der Waals surface area (Å²) in [6.45, 7) is 3.77. The first kappa shape index (κ1) is 20.0. The van der Waals surface area contributed by atoms with Crippen LogP contribution in [0.1, 0.15) is 46.3 Å². The number of nitrogens with one attached hydrogen (secondary N) is 1. The number of amides is 1. The zero-order valence-corrected chi connectivity index (χ0v) is 18.1. The zero-order chi connectivity index (χ0) is 22.2. The largest absolute Gasteiger partial charge is 0.495 e. The lowest BCUT2D eigenvalue weighted by Gasteiger charge is -2.10. The highest BCUT2D eigenvalue weighted by atomic mass is 16.5. The average Bonchev–Trinajstić information content (AvgIpc) is 3.39. The monoisotopic (exact) mass is 429 g/mol. The number of hydrogen-bond donors (Lipinski definition) is 1. The van der Waals surface area contributed by atoms with Gasteiger partial charge in [0.15, 0.2) is 0 Å². The number of rotatable bonds is 6. The van der Waals surface area contributed by atoms with Crippen LogP contribution >= 0.6 is 0 Å². The number of ether oxygens (including phenoxy) is 1. The smallest absolute Gasteiger partial charge is 0.259 e. The van der Waals surface area contributed by atoms with E-state index >= 15 is 0 Å². The molecule has 0 radical (unpaired) electrons. The molecule has 2 aromatic carbocycles. The number of nitrogens with zero attached hydrogens (tertiary/aromatic N) is 4. The predicted octanol–water partition coefficient (Wildman–Crippen LogP) is 4.68. The van der Waals surface area contributed by atoms with Gasteiger partial charge in [-0.15, -0.1) is 0 Å². The maximum absolute atomic E-state index is 12.9. The van der Waals surface area contributed by atoms with Gasteiger partial charge in [0.05, 0.1) is 29.7 Å². The van der Waals surface area contributed by atoms with Crippen LogP contribution < -0.4 is 10.1 Å². The molecule has 5 rings (SSSR count). The lowest BCUT2D eigenvalue weighted by Crippen LogP contribution is -2.13. The SMILES string of the molecule is COc1ccc(C)cc1NC(=O)c1cn(-c2ccc(-c3noc(C4CC4)n3)cc2)nc1C. The van der Waals surface area contributed by atoms with Crippen molar-refractivity contribution in [2.24, 2.45) is 0 Å². The van der Waals surface area contributed by atoms with Gasteiger partial charge in [0.2, 0.25) is 11.7 Å². The Morgan fingerprint density at radius 3 is 2.66 bits per heavy atom. The van der Waals surface area contributed by atoms with Crippen molar-refractivity contribution in [2.45, 2.75) is 32.6 Å². The van der Waals surface area contributed by atoms with Gasteiger partial charge in [-0.05, 0) is 68.7 Å². The molecule has 4 aromatic rings. The maximum Gasteiger partial charge on any atom is 0.259 e. The van der Waals surface area contributed by atoms with E-state index in [0.29, 0.717) is 40.3 Å². The van der Waals surface area contributed by atoms with Crippen molar-refractivity contribution in [1.29, 1.82) is 0 Å². The Kier molecular flexibility index (Phi) is 4.97. The van der Waals surface area contributed by atoms with E-state index < -0.39 is 0 Å². The first-order chi connectivity index (χ1) is 15.5. The molecule has 8 heteroatoms. The number of carbonyl (C=O) groups is 1. The number of aryl methyl sites for hydroxylation is 2. The molecule has 1 aliphatic carbocycles. The lowest BCUT2D eigenvalue weighted by molar-refractivity contribution is 0.102. The van der Waals surface area contributed by atoms with Crippen LogP contribution in [0.2, 0.25) is 0 Å². The molecule has 1 N–H and O–H groups in total. The van der Waals surface area contributed by atoms with Crippen molar-refractivity contribution in [3.8, 4) is 22.8 Å². The number of methoxy groups -OCH3 is 1. The minimum absolute atomic E-state index is 0.242. The van der Waals surface area contributed by atoms with Gasteiger partial charge in [-0.2, -0.15) is 10.1 Å². The molecule has 1 amide bonds. The first-order valence-corrected chi connectivity index (χ1v) is 10.5. The summed E-state index contributed by atoms with van der Waals surface area (Å²) < 4.78 is 12.4. The van der Waals surface area contributed by atoms with E-state index in [2.05, 4.69) is 20.6 Å². The van der Waals surface area contributed by atoms with Crippen LogP contribution in [0.15, 0.2) is 53.2 Å². The minimum Gasteiger partial charge on any atom is -0.495 e. The molecular formula is C24H23N5O3. The summed E-state index contributed by atoms with van der Waals surface area (Å²) in [6, 6.07) is 13.3. The molecule has 1 saturated carbocycles. The van der Waals surface area contributed by atoms with Gasteiger partial charge in [-0.1, -0.05) is 11.2 Å². The highest BCUT2D eigenvalue weighted by molar-refractivity contribution is 6.05. The van der Waals surface area contributed by atoms with Crippen LogP contribution in [-0.2, 0) is 0 Å². The lowest BCUT2D eigenvalue weighted by atomic mass is 10.2. The van der Waals surface area contributed by atoms with Gasteiger partial charge in [-0.3, -0.25) is 4.79 Å². The highest BCUT2D eigenvalue weighted by Crippen LogP contribution is 2.39. The predicted molar refractivity (Wildman–Crippen MR) is 119 cm³/mol. The number of aromatic nitrogens is 4. The molecule has 0 unspecified atom stereocenters. The van der Waals surface area contributed by atoms with E-state index in [1.165, 1.54) is 0 Å². The van der Waals surface area contributed by atoms with Crippen molar-refractivity contribution < 1.29 is 14.1 Å². The van der Waals surface area contributed by atoms with Crippen LogP contribution in [0.4, 0.5) is 5.69 Å².